The van der Waals surface area contributed by atoms with E-state index in [0.29, 0.717) is 17.3 Å². The molecule has 1 fully saturated rings. The van der Waals surface area contributed by atoms with Crippen molar-refractivity contribution < 1.29 is 9.72 Å². The summed E-state index contributed by atoms with van der Waals surface area (Å²) in [5, 5.41) is 16.0. The molecule has 2 aromatic carbocycles. The molecule has 1 saturated carbocycles. The molecule has 1 amide bonds. The second kappa shape index (κ2) is 7.67. The van der Waals surface area contributed by atoms with E-state index in [4.69, 9.17) is 11.6 Å². The highest BCUT2D eigenvalue weighted by Crippen LogP contribution is 2.30. The molecule has 4 rings (SSSR count). The van der Waals surface area contributed by atoms with Gasteiger partial charge in [-0.05, 0) is 55.7 Å². The van der Waals surface area contributed by atoms with E-state index in [-0.39, 0.29) is 17.6 Å². The molecule has 1 aromatic heterocycles. The molecule has 3 aromatic rings. The zero-order valence-electron chi connectivity index (χ0n) is 15.8. The zero-order chi connectivity index (χ0) is 20.5. The van der Waals surface area contributed by atoms with Crippen molar-refractivity contribution in [2.75, 3.05) is 0 Å². The number of benzene rings is 2. The van der Waals surface area contributed by atoms with Gasteiger partial charge in [0.2, 0.25) is 0 Å². The Morgan fingerprint density at radius 3 is 2.45 bits per heavy atom. The second-order valence-corrected chi connectivity index (χ2v) is 7.58. The Labute approximate surface area is 172 Å². The molecule has 1 aliphatic rings. The van der Waals surface area contributed by atoms with Crippen LogP contribution in [0.15, 0.2) is 54.6 Å². The number of halogens is 1. The van der Waals surface area contributed by atoms with Gasteiger partial charge in [0.15, 0.2) is 5.69 Å². The first kappa shape index (κ1) is 19.1. The molecule has 1 heterocycles. The number of aromatic nitrogens is 2. The van der Waals surface area contributed by atoms with Crippen LogP contribution in [0.5, 0.6) is 0 Å². The van der Waals surface area contributed by atoms with Crippen LogP contribution in [0.3, 0.4) is 0 Å². The standard InChI is InChI=1S/C21H19ClN4O3/c1-14-12-20(23-25(14)18-8-4-16(22)5-9-18)21(27)24(17-10-11-17)13-15-2-6-19(7-3-15)26(28)29/h2-9,12,17H,10-11,13H2,1H3. The molecule has 0 radical (unpaired) electrons. The van der Waals surface area contributed by atoms with Crippen LogP contribution in [0.4, 0.5) is 5.69 Å². The van der Waals surface area contributed by atoms with Crippen LogP contribution >= 0.6 is 11.6 Å². The van der Waals surface area contributed by atoms with Gasteiger partial charge in [0, 0.05) is 35.4 Å². The predicted octanol–water partition coefficient (Wildman–Crippen LogP) is 4.55. The molecule has 148 valence electrons. The summed E-state index contributed by atoms with van der Waals surface area (Å²) >= 11 is 5.95. The van der Waals surface area contributed by atoms with Gasteiger partial charge >= 0.3 is 0 Å². The number of carbonyl (C=O) groups excluding carboxylic acids is 1. The van der Waals surface area contributed by atoms with Crippen LogP contribution in [0.2, 0.25) is 5.02 Å². The van der Waals surface area contributed by atoms with Gasteiger partial charge in [-0.25, -0.2) is 4.68 Å². The maximum Gasteiger partial charge on any atom is 0.274 e. The van der Waals surface area contributed by atoms with Crippen molar-refractivity contribution in [1.82, 2.24) is 14.7 Å². The van der Waals surface area contributed by atoms with Gasteiger partial charge in [-0.3, -0.25) is 14.9 Å². The van der Waals surface area contributed by atoms with Crippen molar-refractivity contribution in [3.63, 3.8) is 0 Å². The smallest absolute Gasteiger partial charge is 0.274 e. The number of carbonyl (C=O) groups is 1. The summed E-state index contributed by atoms with van der Waals surface area (Å²) in [5.41, 5.74) is 2.95. The van der Waals surface area contributed by atoms with E-state index < -0.39 is 4.92 Å². The minimum Gasteiger partial charge on any atom is -0.330 e. The minimum absolute atomic E-state index is 0.0374. The zero-order valence-corrected chi connectivity index (χ0v) is 16.5. The first-order valence-electron chi connectivity index (χ1n) is 9.29. The van der Waals surface area contributed by atoms with Crippen molar-refractivity contribution in [3.8, 4) is 5.69 Å². The fourth-order valence-electron chi connectivity index (χ4n) is 3.24. The average Bonchev–Trinajstić information content (AvgIpc) is 3.48. The van der Waals surface area contributed by atoms with Gasteiger partial charge in [-0.15, -0.1) is 0 Å². The molecule has 7 nitrogen and oxygen atoms in total. The van der Waals surface area contributed by atoms with E-state index in [9.17, 15) is 14.9 Å². The number of amides is 1. The molecule has 0 aliphatic heterocycles. The molecule has 0 spiro atoms. The third kappa shape index (κ3) is 4.14. The topological polar surface area (TPSA) is 81.3 Å². The van der Waals surface area contributed by atoms with E-state index in [0.717, 1.165) is 29.8 Å². The number of rotatable bonds is 6. The summed E-state index contributed by atoms with van der Waals surface area (Å²) in [6, 6.07) is 15.5. The first-order chi connectivity index (χ1) is 13.9. The molecule has 1 aliphatic carbocycles. The Bertz CT molecular complexity index is 1060. The van der Waals surface area contributed by atoms with E-state index in [2.05, 4.69) is 5.10 Å². The monoisotopic (exact) mass is 410 g/mol. The van der Waals surface area contributed by atoms with Gasteiger partial charge in [-0.2, -0.15) is 5.10 Å². The van der Waals surface area contributed by atoms with Crippen LogP contribution in [-0.2, 0) is 6.54 Å². The summed E-state index contributed by atoms with van der Waals surface area (Å²) in [5.74, 6) is -0.137. The van der Waals surface area contributed by atoms with Crippen LogP contribution in [0.25, 0.3) is 5.69 Å². The van der Waals surface area contributed by atoms with Crippen molar-refractivity contribution in [2.45, 2.75) is 32.4 Å². The van der Waals surface area contributed by atoms with Gasteiger partial charge < -0.3 is 4.90 Å². The predicted molar refractivity (Wildman–Crippen MR) is 109 cm³/mol. The Hall–Kier alpha value is -3.19. The Morgan fingerprint density at radius 2 is 1.86 bits per heavy atom. The van der Waals surface area contributed by atoms with E-state index >= 15 is 0 Å². The maximum absolute atomic E-state index is 13.2. The number of hydrogen-bond donors (Lipinski definition) is 0. The molecule has 0 bridgehead atoms. The van der Waals surface area contributed by atoms with Crippen LogP contribution in [0.1, 0.15) is 34.6 Å². The number of nitro groups is 1. The third-order valence-corrected chi connectivity index (χ3v) is 5.18. The number of hydrogen-bond acceptors (Lipinski definition) is 4. The normalized spacial score (nSPS) is 13.3. The average molecular weight is 411 g/mol. The van der Waals surface area contributed by atoms with Crippen LogP contribution < -0.4 is 0 Å². The third-order valence-electron chi connectivity index (χ3n) is 4.93. The largest absolute Gasteiger partial charge is 0.330 e. The van der Waals surface area contributed by atoms with Crippen LogP contribution in [0, 0.1) is 17.0 Å². The summed E-state index contributed by atoms with van der Waals surface area (Å²) in [6.07, 6.45) is 1.91. The molecule has 29 heavy (non-hydrogen) atoms. The Morgan fingerprint density at radius 1 is 1.21 bits per heavy atom. The molecule has 0 atom stereocenters. The summed E-state index contributed by atoms with van der Waals surface area (Å²) in [7, 11) is 0. The summed E-state index contributed by atoms with van der Waals surface area (Å²) in [4.78, 5) is 25.4. The quantitative estimate of drug-likeness (QED) is 0.441. The highest BCUT2D eigenvalue weighted by Gasteiger charge is 2.34. The molecule has 0 saturated heterocycles. The fourth-order valence-corrected chi connectivity index (χ4v) is 3.37. The number of non-ortho nitro benzene ring substituents is 1. The molecular formula is C21H19ClN4O3. The van der Waals surface area contributed by atoms with E-state index in [1.54, 1.807) is 39.9 Å². The lowest BCUT2D eigenvalue weighted by Crippen LogP contribution is -2.33. The van der Waals surface area contributed by atoms with Gasteiger partial charge in [0.1, 0.15) is 0 Å². The highest BCUT2D eigenvalue weighted by molar-refractivity contribution is 6.30. The van der Waals surface area contributed by atoms with Crippen molar-refractivity contribution in [2.24, 2.45) is 0 Å². The SMILES string of the molecule is Cc1cc(C(=O)N(Cc2ccc([N+](=O)[O-])cc2)C2CC2)nn1-c1ccc(Cl)cc1. The lowest BCUT2D eigenvalue weighted by molar-refractivity contribution is -0.384. The van der Waals surface area contributed by atoms with Crippen molar-refractivity contribution >= 4 is 23.2 Å². The minimum atomic E-state index is -0.431. The maximum atomic E-state index is 13.2. The second-order valence-electron chi connectivity index (χ2n) is 7.15. The van der Waals surface area contributed by atoms with E-state index in [1.165, 1.54) is 12.1 Å². The fraction of sp³-hybridized carbons (Fsp3) is 0.238. The van der Waals surface area contributed by atoms with Gasteiger partial charge in [-0.1, -0.05) is 23.7 Å². The lowest BCUT2D eigenvalue weighted by Gasteiger charge is -2.21. The van der Waals surface area contributed by atoms with Gasteiger partial charge in [0.25, 0.3) is 11.6 Å². The molecule has 0 unspecified atom stereocenters. The first-order valence-corrected chi connectivity index (χ1v) is 9.67. The number of nitrogens with zero attached hydrogens (tertiary/aromatic N) is 4. The van der Waals surface area contributed by atoms with Crippen molar-refractivity contribution in [1.29, 1.82) is 0 Å². The van der Waals surface area contributed by atoms with Crippen LogP contribution in [-0.4, -0.2) is 31.6 Å². The Balaban J connectivity index is 1.57. The summed E-state index contributed by atoms with van der Waals surface area (Å²) < 4.78 is 1.72. The number of nitro benzene ring substituents is 1. The van der Waals surface area contributed by atoms with E-state index in [1.807, 2.05) is 19.1 Å². The molecule has 8 heteroatoms. The van der Waals surface area contributed by atoms with Crippen molar-refractivity contribution in [3.05, 3.63) is 86.7 Å². The molecule has 0 N–H and O–H groups in total. The van der Waals surface area contributed by atoms with Gasteiger partial charge in [0.05, 0.1) is 10.6 Å². The highest BCUT2D eigenvalue weighted by atomic mass is 35.5. The lowest BCUT2D eigenvalue weighted by atomic mass is 10.2. The summed E-state index contributed by atoms with van der Waals surface area (Å²) in [6.45, 7) is 2.30. The Kier molecular flexibility index (Phi) is 5.07. The molecular weight excluding hydrogens is 392 g/mol. The number of aryl methyl sites for hydroxylation is 1.